The van der Waals surface area contributed by atoms with Crippen molar-refractivity contribution in [3.05, 3.63) is 0 Å². The lowest BCUT2D eigenvalue weighted by Crippen LogP contribution is -2.45. The van der Waals surface area contributed by atoms with Crippen molar-refractivity contribution in [2.45, 2.75) is 52.6 Å². The Morgan fingerprint density at radius 1 is 1.06 bits per heavy atom. The van der Waals surface area contributed by atoms with Crippen LogP contribution in [0, 0.1) is 0 Å². The van der Waals surface area contributed by atoms with Crippen LogP contribution >= 0.6 is 24.0 Å². The maximum atomic E-state index is 5.72. The lowest BCUT2D eigenvalue weighted by atomic mass is 10.1. The maximum Gasteiger partial charge on any atom is 0.189 e. The molecule has 0 atom stereocenters. The van der Waals surface area contributed by atoms with Crippen LogP contribution < -0.4 is 16.4 Å². The Morgan fingerprint density at radius 3 is 1.94 bits per heavy atom. The molecule has 0 saturated carbocycles. The molecule has 0 aliphatic carbocycles. The topological polar surface area (TPSA) is 62.4 Å². The third-order valence-corrected chi connectivity index (χ3v) is 1.55. The third-order valence-electron chi connectivity index (χ3n) is 1.55. The van der Waals surface area contributed by atoms with Gasteiger partial charge in [0.15, 0.2) is 5.96 Å². The SMILES string of the molecule is CC(C)(C)NCCN=C(N)NC(C)(C)C.I. The van der Waals surface area contributed by atoms with Gasteiger partial charge in [-0.05, 0) is 41.5 Å². The normalized spacial score (nSPS) is 13.2. The van der Waals surface area contributed by atoms with Gasteiger partial charge in [0.05, 0.1) is 6.54 Å². The molecule has 4 nitrogen and oxygen atoms in total. The van der Waals surface area contributed by atoms with Crippen molar-refractivity contribution in [3.63, 3.8) is 0 Å². The number of nitrogens with one attached hydrogen (secondary N) is 2. The first-order chi connectivity index (χ1) is 6.60. The van der Waals surface area contributed by atoms with Crippen molar-refractivity contribution in [2.24, 2.45) is 10.7 Å². The Hall–Kier alpha value is -0.0400. The largest absolute Gasteiger partial charge is 0.370 e. The molecule has 0 saturated heterocycles. The van der Waals surface area contributed by atoms with Gasteiger partial charge in [0.25, 0.3) is 0 Å². The number of hydrogen-bond acceptors (Lipinski definition) is 2. The second kappa shape index (κ2) is 7.32. The summed E-state index contributed by atoms with van der Waals surface area (Å²) in [6.07, 6.45) is 0. The van der Waals surface area contributed by atoms with Gasteiger partial charge in [0, 0.05) is 17.6 Å². The van der Waals surface area contributed by atoms with E-state index in [1.54, 1.807) is 0 Å². The third kappa shape index (κ3) is 14.0. The number of rotatable bonds is 3. The van der Waals surface area contributed by atoms with E-state index >= 15 is 0 Å². The zero-order chi connectivity index (χ0) is 12.1. The van der Waals surface area contributed by atoms with Crippen LogP contribution in [0.15, 0.2) is 4.99 Å². The molecular formula is C11H27IN4. The van der Waals surface area contributed by atoms with Crippen LogP contribution in [-0.4, -0.2) is 30.1 Å². The Kier molecular flexibility index (Phi) is 8.38. The Labute approximate surface area is 117 Å². The summed E-state index contributed by atoms with van der Waals surface area (Å²) in [4.78, 5) is 4.23. The molecule has 0 heterocycles. The molecule has 0 aliphatic heterocycles. The van der Waals surface area contributed by atoms with Gasteiger partial charge in [-0.2, -0.15) is 0 Å². The van der Waals surface area contributed by atoms with Crippen molar-refractivity contribution in [2.75, 3.05) is 13.1 Å². The van der Waals surface area contributed by atoms with Crippen LogP contribution in [0.2, 0.25) is 0 Å². The predicted molar refractivity (Wildman–Crippen MR) is 82.5 cm³/mol. The quantitative estimate of drug-likeness (QED) is 0.317. The van der Waals surface area contributed by atoms with Crippen molar-refractivity contribution in [1.29, 1.82) is 0 Å². The minimum atomic E-state index is -0.0228. The first kappa shape index (κ1) is 18.3. The summed E-state index contributed by atoms with van der Waals surface area (Å²) in [5.74, 6) is 0.512. The average molecular weight is 342 g/mol. The molecule has 0 fully saturated rings. The Bertz CT molecular complexity index is 213. The van der Waals surface area contributed by atoms with Crippen LogP contribution in [0.1, 0.15) is 41.5 Å². The Morgan fingerprint density at radius 2 is 1.56 bits per heavy atom. The summed E-state index contributed by atoms with van der Waals surface area (Å²) in [6.45, 7) is 14.1. The molecule has 0 rings (SSSR count). The van der Waals surface area contributed by atoms with Crippen LogP contribution in [0.4, 0.5) is 0 Å². The fourth-order valence-electron chi connectivity index (χ4n) is 1.03. The van der Waals surface area contributed by atoms with Gasteiger partial charge in [0.2, 0.25) is 0 Å². The molecule has 0 aliphatic rings. The van der Waals surface area contributed by atoms with Crippen molar-refractivity contribution >= 4 is 29.9 Å². The summed E-state index contributed by atoms with van der Waals surface area (Å²) >= 11 is 0. The van der Waals surface area contributed by atoms with E-state index in [1.807, 2.05) is 0 Å². The van der Waals surface area contributed by atoms with Gasteiger partial charge in [-0.1, -0.05) is 0 Å². The number of halogens is 1. The molecule has 16 heavy (non-hydrogen) atoms. The number of guanidine groups is 1. The van der Waals surface area contributed by atoms with Gasteiger partial charge in [0.1, 0.15) is 0 Å². The van der Waals surface area contributed by atoms with Crippen molar-refractivity contribution in [1.82, 2.24) is 10.6 Å². The van der Waals surface area contributed by atoms with Crippen LogP contribution in [0.25, 0.3) is 0 Å². The van der Waals surface area contributed by atoms with Crippen molar-refractivity contribution in [3.8, 4) is 0 Å². The molecular weight excluding hydrogens is 315 g/mol. The monoisotopic (exact) mass is 342 g/mol. The standard InChI is InChI=1S/C11H26N4.HI/c1-10(2,3)14-8-7-13-9(12)15-11(4,5)6;/h14H,7-8H2,1-6H3,(H3,12,13,15);1H. The highest BCUT2D eigenvalue weighted by Gasteiger charge is 2.10. The van der Waals surface area contributed by atoms with Crippen LogP contribution in [-0.2, 0) is 0 Å². The van der Waals surface area contributed by atoms with E-state index in [0.29, 0.717) is 12.5 Å². The second-order valence-corrected chi connectivity index (χ2v) is 5.82. The van der Waals surface area contributed by atoms with E-state index in [-0.39, 0.29) is 35.1 Å². The molecule has 5 heteroatoms. The maximum absolute atomic E-state index is 5.72. The number of nitrogens with two attached hydrogens (primary N) is 1. The van der Waals surface area contributed by atoms with E-state index < -0.39 is 0 Å². The average Bonchev–Trinajstić information content (AvgIpc) is 1.92. The molecule has 98 valence electrons. The number of nitrogens with zero attached hydrogens (tertiary/aromatic N) is 1. The van der Waals surface area contributed by atoms with Gasteiger partial charge in [-0.3, -0.25) is 4.99 Å². The highest BCUT2D eigenvalue weighted by molar-refractivity contribution is 14.0. The van der Waals surface area contributed by atoms with Gasteiger partial charge >= 0.3 is 0 Å². The van der Waals surface area contributed by atoms with Crippen LogP contribution in [0.5, 0.6) is 0 Å². The summed E-state index contributed by atoms with van der Waals surface area (Å²) in [5, 5.41) is 6.47. The van der Waals surface area contributed by atoms with Gasteiger partial charge in [-0.25, -0.2) is 0 Å². The summed E-state index contributed by atoms with van der Waals surface area (Å²) in [6, 6.07) is 0. The molecule has 0 aromatic heterocycles. The fourth-order valence-corrected chi connectivity index (χ4v) is 1.03. The summed E-state index contributed by atoms with van der Waals surface area (Å²) in [7, 11) is 0. The first-order valence-electron chi connectivity index (χ1n) is 5.43. The minimum Gasteiger partial charge on any atom is -0.370 e. The molecule has 0 aromatic rings. The molecule has 0 bridgehead atoms. The number of hydrogen-bond donors (Lipinski definition) is 3. The molecule has 0 spiro atoms. The molecule has 0 radical (unpaired) electrons. The van der Waals surface area contributed by atoms with E-state index in [1.165, 1.54) is 0 Å². The van der Waals surface area contributed by atoms with Gasteiger partial charge in [-0.15, -0.1) is 24.0 Å². The van der Waals surface area contributed by atoms with Crippen LogP contribution in [0.3, 0.4) is 0 Å². The fraction of sp³-hybridized carbons (Fsp3) is 0.909. The van der Waals surface area contributed by atoms with Crippen molar-refractivity contribution < 1.29 is 0 Å². The number of aliphatic imine (C=N–C) groups is 1. The molecule has 0 amide bonds. The lowest BCUT2D eigenvalue weighted by molar-refractivity contribution is 0.432. The summed E-state index contributed by atoms with van der Waals surface area (Å²) < 4.78 is 0. The van der Waals surface area contributed by atoms with E-state index in [2.05, 4.69) is 57.2 Å². The minimum absolute atomic E-state index is 0. The predicted octanol–water partition coefficient (Wildman–Crippen LogP) is 1.70. The van der Waals surface area contributed by atoms with E-state index in [9.17, 15) is 0 Å². The Balaban J connectivity index is 0. The zero-order valence-corrected chi connectivity index (χ0v) is 13.7. The lowest BCUT2D eigenvalue weighted by Gasteiger charge is -2.22. The van der Waals surface area contributed by atoms with E-state index in [0.717, 1.165) is 6.54 Å². The second-order valence-electron chi connectivity index (χ2n) is 5.82. The highest BCUT2D eigenvalue weighted by atomic mass is 127. The van der Waals surface area contributed by atoms with E-state index in [4.69, 9.17) is 5.73 Å². The zero-order valence-electron chi connectivity index (χ0n) is 11.3. The molecule has 0 aromatic carbocycles. The first-order valence-corrected chi connectivity index (χ1v) is 5.43. The smallest absolute Gasteiger partial charge is 0.189 e. The molecule has 4 N–H and O–H groups in total. The summed E-state index contributed by atoms with van der Waals surface area (Å²) in [5.41, 5.74) is 5.84. The molecule has 0 unspecified atom stereocenters. The highest BCUT2D eigenvalue weighted by Crippen LogP contribution is 1.98. The van der Waals surface area contributed by atoms with Gasteiger partial charge < -0.3 is 16.4 Å².